The van der Waals surface area contributed by atoms with Crippen LogP contribution in [0.4, 0.5) is 5.13 Å². The van der Waals surface area contributed by atoms with Gasteiger partial charge in [-0.2, -0.15) is 9.97 Å². The van der Waals surface area contributed by atoms with E-state index in [2.05, 4.69) is 14.9 Å². The molecule has 12 heteroatoms. The van der Waals surface area contributed by atoms with Crippen LogP contribution in [0, 0.1) is 0 Å². The Morgan fingerprint density at radius 2 is 1.94 bits per heavy atom. The minimum absolute atomic E-state index is 0.0415. The average molecular weight is 494 g/mol. The average Bonchev–Trinajstić information content (AvgIpc) is 3.30. The third kappa shape index (κ3) is 5.11. The number of thiazole rings is 1. The van der Waals surface area contributed by atoms with Gasteiger partial charge in [-0.3, -0.25) is 14.6 Å². The molecule has 10 nitrogen and oxygen atoms in total. The van der Waals surface area contributed by atoms with E-state index in [-0.39, 0.29) is 23.5 Å². The number of nitrogens with zero attached hydrogens (tertiary/aromatic N) is 5. The SMILES string of the molecule is COc1cc(C(=O)N(CCN2CCOCC2)c2nc3c(OC)ccc(Cl)c3s2)nc(OC)n1. The molecule has 4 rings (SSSR count). The van der Waals surface area contributed by atoms with Gasteiger partial charge in [0, 0.05) is 32.2 Å². The quantitative estimate of drug-likeness (QED) is 0.469. The van der Waals surface area contributed by atoms with E-state index in [1.165, 1.54) is 31.6 Å². The molecular weight excluding hydrogens is 470 g/mol. The van der Waals surface area contributed by atoms with Gasteiger partial charge in [0.15, 0.2) is 5.13 Å². The summed E-state index contributed by atoms with van der Waals surface area (Å²) >= 11 is 7.74. The number of hydrogen-bond donors (Lipinski definition) is 0. The van der Waals surface area contributed by atoms with Crippen molar-refractivity contribution in [1.82, 2.24) is 19.9 Å². The van der Waals surface area contributed by atoms with Crippen molar-refractivity contribution in [3.8, 4) is 17.6 Å². The van der Waals surface area contributed by atoms with Crippen molar-refractivity contribution in [2.24, 2.45) is 0 Å². The number of carbonyl (C=O) groups excluding carboxylic acids is 1. The van der Waals surface area contributed by atoms with Gasteiger partial charge in [-0.15, -0.1) is 0 Å². The second-order valence-electron chi connectivity index (χ2n) is 7.12. The normalized spacial score (nSPS) is 14.3. The highest BCUT2D eigenvalue weighted by Gasteiger charge is 2.26. The lowest BCUT2D eigenvalue weighted by molar-refractivity contribution is 0.0391. The minimum Gasteiger partial charge on any atom is -0.494 e. The molecular formula is C21H24ClN5O5S. The molecule has 3 aromatic rings. The molecule has 1 aliphatic heterocycles. The summed E-state index contributed by atoms with van der Waals surface area (Å²) in [7, 11) is 4.47. The highest BCUT2D eigenvalue weighted by atomic mass is 35.5. The van der Waals surface area contributed by atoms with Crippen LogP contribution in [0.5, 0.6) is 17.6 Å². The number of anilines is 1. The highest BCUT2D eigenvalue weighted by molar-refractivity contribution is 7.23. The number of carbonyl (C=O) groups is 1. The van der Waals surface area contributed by atoms with E-state index in [0.717, 1.165) is 17.8 Å². The summed E-state index contributed by atoms with van der Waals surface area (Å²) in [5.74, 6) is 0.464. The molecule has 0 saturated carbocycles. The van der Waals surface area contributed by atoms with E-state index in [1.807, 2.05) is 0 Å². The summed E-state index contributed by atoms with van der Waals surface area (Å²) in [5, 5.41) is 1.03. The first-order valence-electron chi connectivity index (χ1n) is 10.3. The molecule has 33 heavy (non-hydrogen) atoms. The number of benzene rings is 1. The first kappa shape index (κ1) is 23.4. The zero-order valence-corrected chi connectivity index (χ0v) is 20.1. The maximum atomic E-state index is 13.7. The summed E-state index contributed by atoms with van der Waals surface area (Å²) in [4.78, 5) is 30.5. The van der Waals surface area contributed by atoms with Crippen molar-refractivity contribution < 1.29 is 23.7 Å². The van der Waals surface area contributed by atoms with Gasteiger partial charge in [-0.05, 0) is 12.1 Å². The van der Waals surface area contributed by atoms with Gasteiger partial charge in [-0.1, -0.05) is 22.9 Å². The molecule has 0 atom stereocenters. The van der Waals surface area contributed by atoms with E-state index in [1.54, 1.807) is 24.1 Å². The predicted molar refractivity (Wildman–Crippen MR) is 125 cm³/mol. The van der Waals surface area contributed by atoms with Crippen molar-refractivity contribution in [2.45, 2.75) is 0 Å². The molecule has 1 saturated heterocycles. The molecule has 0 bridgehead atoms. The Bertz CT molecular complexity index is 1120. The van der Waals surface area contributed by atoms with Gasteiger partial charge in [-0.25, -0.2) is 4.98 Å². The molecule has 0 N–H and O–H groups in total. The fraction of sp³-hybridized carbons (Fsp3) is 0.429. The van der Waals surface area contributed by atoms with Crippen molar-refractivity contribution in [3.05, 3.63) is 28.9 Å². The first-order valence-corrected chi connectivity index (χ1v) is 11.5. The lowest BCUT2D eigenvalue weighted by atomic mass is 10.3. The molecule has 176 valence electrons. The van der Waals surface area contributed by atoms with E-state index in [4.69, 9.17) is 35.5 Å². The summed E-state index contributed by atoms with van der Waals surface area (Å²) in [6.45, 7) is 3.99. The lowest BCUT2D eigenvalue weighted by Gasteiger charge is -2.29. The van der Waals surface area contributed by atoms with E-state index in [0.29, 0.717) is 47.7 Å². The number of amides is 1. The summed E-state index contributed by atoms with van der Waals surface area (Å²) in [6.07, 6.45) is 0. The zero-order chi connectivity index (χ0) is 23.4. The second kappa shape index (κ2) is 10.5. The Kier molecular flexibility index (Phi) is 7.43. The third-order valence-corrected chi connectivity index (χ3v) is 6.72. The van der Waals surface area contributed by atoms with Gasteiger partial charge in [0.2, 0.25) is 5.88 Å². The number of hydrogen-bond acceptors (Lipinski definition) is 10. The van der Waals surface area contributed by atoms with Crippen LogP contribution in [0.2, 0.25) is 5.02 Å². The number of methoxy groups -OCH3 is 3. The maximum absolute atomic E-state index is 13.7. The minimum atomic E-state index is -0.351. The summed E-state index contributed by atoms with van der Waals surface area (Å²) < 4.78 is 22.0. The standard InChI is InChI=1S/C21H24ClN5O5S/c1-29-15-5-4-13(22)18-17(15)25-21(33-18)27(7-6-26-8-10-32-11-9-26)19(28)14-12-16(30-2)24-20(23-14)31-3/h4-5,12H,6-11H2,1-3H3. The van der Waals surface area contributed by atoms with Crippen LogP contribution in [0.15, 0.2) is 18.2 Å². The van der Waals surface area contributed by atoms with Gasteiger partial charge in [0.1, 0.15) is 17.0 Å². The van der Waals surface area contributed by atoms with Gasteiger partial charge < -0.3 is 18.9 Å². The van der Waals surface area contributed by atoms with E-state index in [9.17, 15) is 4.79 Å². The van der Waals surface area contributed by atoms with Crippen LogP contribution in [0.1, 0.15) is 10.5 Å². The molecule has 0 radical (unpaired) electrons. The third-order valence-electron chi connectivity index (χ3n) is 5.18. The van der Waals surface area contributed by atoms with Crippen LogP contribution in [0.25, 0.3) is 10.2 Å². The monoisotopic (exact) mass is 493 g/mol. The van der Waals surface area contributed by atoms with Gasteiger partial charge >= 0.3 is 6.01 Å². The molecule has 2 aromatic heterocycles. The number of aromatic nitrogens is 3. The molecule has 1 aliphatic rings. The Morgan fingerprint density at radius 3 is 2.64 bits per heavy atom. The van der Waals surface area contributed by atoms with Gasteiger partial charge in [0.25, 0.3) is 5.91 Å². The fourth-order valence-electron chi connectivity index (χ4n) is 3.42. The Hall–Kier alpha value is -2.73. The molecule has 3 heterocycles. The number of fused-ring (bicyclic) bond motifs is 1. The van der Waals surface area contributed by atoms with Crippen LogP contribution in [0.3, 0.4) is 0 Å². The molecule has 1 amide bonds. The van der Waals surface area contributed by atoms with E-state index >= 15 is 0 Å². The molecule has 0 spiro atoms. The number of rotatable bonds is 8. The van der Waals surface area contributed by atoms with Crippen LogP contribution in [-0.4, -0.2) is 86.5 Å². The van der Waals surface area contributed by atoms with Crippen LogP contribution in [-0.2, 0) is 4.74 Å². The topological polar surface area (TPSA) is 99.1 Å². The Balaban J connectivity index is 1.72. The molecule has 1 aromatic carbocycles. The van der Waals surface area contributed by atoms with Crippen LogP contribution >= 0.6 is 22.9 Å². The van der Waals surface area contributed by atoms with E-state index < -0.39 is 0 Å². The van der Waals surface area contributed by atoms with Crippen molar-refractivity contribution >= 4 is 44.2 Å². The zero-order valence-electron chi connectivity index (χ0n) is 18.5. The summed E-state index contributed by atoms with van der Waals surface area (Å²) in [5.41, 5.74) is 0.741. The Labute approximate surface area is 200 Å². The van der Waals surface area contributed by atoms with Crippen LogP contribution < -0.4 is 19.1 Å². The predicted octanol–water partition coefficient (Wildman–Crippen LogP) is 2.74. The summed E-state index contributed by atoms with van der Waals surface area (Å²) in [6, 6.07) is 5.03. The van der Waals surface area contributed by atoms with Crippen molar-refractivity contribution in [2.75, 3.05) is 65.6 Å². The van der Waals surface area contributed by atoms with Gasteiger partial charge in [0.05, 0.1) is 44.3 Å². The maximum Gasteiger partial charge on any atom is 0.320 e. The number of ether oxygens (including phenoxy) is 4. The van der Waals surface area contributed by atoms with Crippen molar-refractivity contribution in [1.29, 1.82) is 0 Å². The molecule has 0 unspecified atom stereocenters. The highest BCUT2D eigenvalue weighted by Crippen LogP contribution is 2.39. The second-order valence-corrected chi connectivity index (χ2v) is 8.50. The smallest absolute Gasteiger partial charge is 0.320 e. The molecule has 1 fully saturated rings. The lowest BCUT2D eigenvalue weighted by Crippen LogP contribution is -2.43. The fourth-order valence-corrected chi connectivity index (χ4v) is 4.70. The van der Waals surface area contributed by atoms with Crippen molar-refractivity contribution in [3.63, 3.8) is 0 Å². The largest absolute Gasteiger partial charge is 0.494 e. The first-order chi connectivity index (χ1) is 16.0. The number of morpholine rings is 1. The Morgan fingerprint density at radius 1 is 1.15 bits per heavy atom. The number of halogens is 1. The molecule has 0 aliphatic carbocycles.